The van der Waals surface area contributed by atoms with Crippen LogP contribution in [0.25, 0.3) is 0 Å². The van der Waals surface area contributed by atoms with E-state index in [9.17, 15) is 0 Å². The van der Waals surface area contributed by atoms with Crippen molar-refractivity contribution in [3.05, 3.63) is 33.8 Å². The molecule has 0 aromatic heterocycles. The minimum Gasteiger partial charge on any atom is -0.324 e. The van der Waals surface area contributed by atoms with Crippen LogP contribution in [0.2, 0.25) is 0 Å². The zero-order valence-electron chi connectivity index (χ0n) is 8.96. The van der Waals surface area contributed by atoms with E-state index in [0.29, 0.717) is 0 Å². The van der Waals surface area contributed by atoms with Gasteiger partial charge in [-0.1, -0.05) is 28.1 Å². The van der Waals surface area contributed by atoms with Gasteiger partial charge in [-0.05, 0) is 37.0 Å². The van der Waals surface area contributed by atoms with E-state index in [2.05, 4.69) is 47.0 Å². The summed E-state index contributed by atoms with van der Waals surface area (Å²) >= 11 is 3.51. The van der Waals surface area contributed by atoms with Crippen LogP contribution in [0.5, 0.6) is 0 Å². The molecule has 1 nitrogen and oxygen atoms in total. The second-order valence-electron chi connectivity index (χ2n) is 3.71. The van der Waals surface area contributed by atoms with Crippen molar-refractivity contribution in [2.45, 2.75) is 32.2 Å². The number of halogens is 1. The SMILES string of the molecule is C#CCCCC(N)c1ccc(C)c(Br)c1. The molecule has 0 heterocycles. The molecular weight excluding hydrogens is 250 g/mol. The smallest absolute Gasteiger partial charge is 0.0295 e. The molecule has 0 spiro atoms. The van der Waals surface area contributed by atoms with E-state index < -0.39 is 0 Å². The minimum atomic E-state index is 0.0928. The summed E-state index contributed by atoms with van der Waals surface area (Å²) < 4.78 is 1.12. The summed E-state index contributed by atoms with van der Waals surface area (Å²) in [6, 6.07) is 6.35. The molecule has 0 saturated carbocycles. The van der Waals surface area contributed by atoms with Crippen molar-refractivity contribution in [1.29, 1.82) is 0 Å². The fraction of sp³-hybridized carbons (Fsp3) is 0.385. The first-order valence-corrected chi connectivity index (χ1v) is 5.89. The molecule has 0 radical (unpaired) electrons. The minimum absolute atomic E-state index is 0.0928. The van der Waals surface area contributed by atoms with Gasteiger partial charge in [-0.2, -0.15) is 0 Å². The number of rotatable bonds is 4. The van der Waals surface area contributed by atoms with Gasteiger partial charge >= 0.3 is 0 Å². The standard InChI is InChI=1S/C13H16BrN/c1-3-4-5-6-13(15)11-8-7-10(2)12(14)9-11/h1,7-9,13H,4-6,15H2,2H3. The topological polar surface area (TPSA) is 26.0 Å². The Labute approximate surface area is 100 Å². The number of aryl methyl sites for hydroxylation is 1. The average molecular weight is 266 g/mol. The molecule has 0 saturated heterocycles. The third kappa shape index (κ3) is 3.70. The summed E-state index contributed by atoms with van der Waals surface area (Å²) in [5.74, 6) is 2.63. The second kappa shape index (κ2) is 5.95. The quantitative estimate of drug-likeness (QED) is 0.654. The first kappa shape index (κ1) is 12.3. The van der Waals surface area contributed by atoms with Gasteiger partial charge in [0.1, 0.15) is 0 Å². The Morgan fingerprint density at radius 2 is 2.27 bits per heavy atom. The summed E-state index contributed by atoms with van der Waals surface area (Å²) in [6.45, 7) is 2.07. The lowest BCUT2D eigenvalue weighted by Gasteiger charge is -2.12. The van der Waals surface area contributed by atoms with Crippen LogP contribution in [0.4, 0.5) is 0 Å². The molecule has 1 unspecified atom stereocenters. The zero-order valence-corrected chi connectivity index (χ0v) is 10.5. The van der Waals surface area contributed by atoms with Crippen LogP contribution in [-0.4, -0.2) is 0 Å². The third-order valence-electron chi connectivity index (χ3n) is 2.46. The van der Waals surface area contributed by atoms with Gasteiger partial charge in [-0.15, -0.1) is 12.3 Å². The first-order valence-electron chi connectivity index (χ1n) is 5.10. The summed E-state index contributed by atoms with van der Waals surface area (Å²) in [6.07, 6.45) is 7.94. The lowest BCUT2D eigenvalue weighted by atomic mass is 10.0. The molecule has 2 N–H and O–H groups in total. The summed E-state index contributed by atoms with van der Waals surface area (Å²) in [5, 5.41) is 0. The Bertz CT molecular complexity index is 365. The van der Waals surface area contributed by atoms with Gasteiger partial charge in [0.15, 0.2) is 0 Å². The molecule has 0 aliphatic carbocycles. The molecule has 1 atom stereocenters. The highest BCUT2D eigenvalue weighted by Crippen LogP contribution is 2.23. The predicted octanol–water partition coefficient (Wildman–Crippen LogP) is 3.56. The van der Waals surface area contributed by atoms with Crippen molar-refractivity contribution < 1.29 is 0 Å². The molecule has 1 aromatic rings. The van der Waals surface area contributed by atoms with Gasteiger partial charge in [0, 0.05) is 16.9 Å². The highest BCUT2D eigenvalue weighted by atomic mass is 79.9. The van der Waals surface area contributed by atoms with Crippen molar-refractivity contribution in [3.63, 3.8) is 0 Å². The normalized spacial score (nSPS) is 12.1. The lowest BCUT2D eigenvalue weighted by molar-refractivity contribution is 0.620. The number of unbranched alkanes of at least 4 members (excludes halogenated alkanes) is 1. The zero-order chi connectivity index (χ0) is 11.3. The van der Waals surface area contributed by atoms with Crippen LogP contribution in [0, 0.1) is 19.3 Å². The Morgan fingerprint density at radius 3 is 2.87 bits per heavy atom. The average Bonchev–Trinajstić information content (AvgIpc) is 2.22. The molecule has 0 aliphatic rings. The highest BCUT2D eigenvalue weighted by Gasteiger charge is 2.06. The van der Waals surface area contributed by atoms with E-state index in [1.165, 1.54) is 11.1 Å². The number of hydrogen-bond donors (Lipinski definition) is 1. The fourth-order valence-corrected chi connectivity index (χ4v) is 1.83. The Balaban J connectivity index is 2.62. The Morgan fingerprint density at radius 1 is 1.53 bits per heavy atom. The highest BCUT2D eigenvalue weighted by molar-refractivity contribution is 9.10. The third-order valence-corrected chi connectivity index (χ3v) is 3.31. The van der Waals surface area contributed by atoms with Crippen molar-refractivity contribution >= 4 is 15.9 Å². The monoisotopic (exact) mass is 265 g/mol. The summed E-state index contributed by atoms with van der Waals surface area (Å²) in [5.41, 5.74) is 8.47. The maximum absolute atomic E-state index is 6.07. The van der Waals surface area contributed by atoms with Gasteiger partial charge in [-0.25, -0.2) is 0 Å². The fourth-order valence-electron chi connectivity index (χ4n) is 1.43. The maximum Gasteiger partial charge on any atom is 0.0295 e. The van der Waals surface area contributed by atoms with Gasteiger partial charge in [0.25, 0.3) is 0 Å². The number of terminal acetylenes is 1. The van der Waals surface area contributed by atoms with E-state index in [1.54, 1.807) is 0 Å². The molecule has 0 aliphatic heterocycles. The van der Waals surface area contributed by atoms with Crippen molar-refractivity contribution in [3.8, 4) is 12.3 Å². The predicted molar refractivity (Wildman–Crippen MR) is 68.5 cm³/mol. The van der Waals surface area contributed by atoms with Gasteiger partial charge in [0.05, 0.1) is 0 Å². The molecule has 0 bridgehead atoms. The molecule has 1 aromatic carbocycles. The lowest BCUT2D eigenvalue weighted by Crippen LogP contribution is -2.10. The van der Waals surface area contributed by atoms with Crippen molar-refractivity contribution in [2.24, 2.45) is 5.73 Å². The van der Waals surface area contributed by atoms with Gasteiger partial charge in [-0.3, -0.25) is 0 Å². The van der Waals surface area contributed by atoms with Crippen LogP contribution in [-0.2, 0) is 0 Å². The maximum atomic E-state index is 6.07. The molecular formula is C13H16BrN. The molecule has 15 heavy (non-hydrogen) atoms. The summed E-state index contributed by atoms with van der Waals surface area (Å²) in [4.78, 5) is 0. The number of hydrogen-bond acceptors (Lipinski definition) is 1. The van der Waals surface area contributed by atoms with Crippen LogP contribution in [0.3, 0.4) is 0 Å². The molecule has 0 fully saturated rings. The van der Waals surface area contributed by atoms with E-state index >= 15 is 0 Å². The Kier molecular flexibility index (Phi) is 4.87. The molecule has 2 heteroatoms. The number of nitrogens with two attached hydrogens (primary N) is 1. The molecule has 80 valence electrons. The van der Waals surface area contributed by atoms with Gasteiger partial charge in [0.2, 0.25) is 0 Å². The Hall–Kier alpha value is -0.780. The summed E-state index contributed by atoms with van der Waals surface area (Å²) in [7, 11) is 0. The van der Waals surface area contributed by atoms with E-state index in [-0.39, 0.29) is 6.04 Å². The van der Waals surface area contributed by atoms with Crippen LogP contribution >= 0.6 is 15.9 Å². The van der Waals surface area contributed by atoms with E-state index in [4.69, 9.17) is 12.2 Å². The first-order chi connectivity index (χ1) is 7.15. The number of benzene rings is 1. The van der Waals surface area contributed by atoms with Crippen molar-refractivity contribution in [2.75, 3.05) is 0 Å². The van der Waals surface area contributed by atoms with Crippen LogP contribution in [0.15, 0.2) is 22.7 Å². The van der Waals surface area contributed by atoms with Crippen LogP contribution in [0.1, 0.15) is 36.4 Å². The largest absolute Gasteiger partial charge is 0.324 e. The van der Waals surface area contributed by atoms with E-state index in [0.717, 1.165) is 23.7 Å². The van der Waals surface area contributed by atoms with E-state index in [1.807, 2.05) is 0 Å². The van der Waals surface area contributed by atoms with Gasteiger partial charge < -0.3 is 5.73 Å². The van der Waals surface area contributed by atoms with Crippen LogP contribution < -0.4 is 5.73 Å². The molecule has 0 amide bonds. The van der Waals surface area contributed by atoms with Crippen molar-refractivity contribution in [1.82, 2.24) is 0 Å². The second-order valence-corrected chi connectivity index (χ2v) is 4.57. The molecule has 1 rings (SSSR count).